The van der Waals surface area contributed by atoms with Crippen LogP contribution in [0.15, 0.2) is 0 Å². The van der Waals surface area contributed by atoms with Gasteiger partial charge in [0.2, 0.25) is 0 Å². The maximum atomic E-state index is 8.85. The van der Waals surface area contributed by atoms with Gasteiger partial charge in [0.25, 0.3) is 0 Å². The van der Waals surface area contributed by atoms with Crippen LogP contribution < -0.4 is 5.32 Å². The molecule has 2 N–H and O–H groups in total. The molecule has 1 unspecified atom stereocenters. The summed E-state index contributed by atoms with van der Waals surface area (Å²) >= 11 is 3.83. The fourth-order valence-electron chi connectivity index (χ4n) is 1.23. The molecule has 0 aromatic heterocycles. The maximum absolute atomic E-state index is 8.85. The molecule has 0 aromatic carbocycles. The number of aliphatic hydroxyl groups excluding tert-OH is 1. The zero-order chi connectivity index (χ0) is 10.6. The Morgan fingerprint density at radius 1 is 1.43 bits per heavy atom. The fourth-order valence-corrected chi connectivity index (χ4v) is 2.55. The van der Waals surface area contributed by atoms with Crippen LogP contribution in [0.3, 0.4) is 0 Å². The van der Waals surface area contributed by atoms with Crippen molar-refractivity contribution in [2.24, 2.45) is 0 Å². The Morgan fingerprint density at radius 2 is 2.21 bits per heavy atom. The minimum absolute atomic E-state index is 0.294. The zero-order valence-corrected chi connectivity index (χ0v) is 10.9. The highest BCUT2D eigenvalue weighted by molar-refractivity contribution is 7.99. The van der Waals surface area contributed by atoms with E-state index in [2.05, 4.69) is 18.5 Å². The molecule has 0 spiro atoms. The van der Waals surface area contributed by atoms with Crippen molar-refractivity contribution in [3.8, 4) is 0 Å². The van der Waals surface area contributed by atoms with Crippen LogP contribution in [0.4, 0.5) is 0 Å². The van der Waals surface area contributed by atoms with Crippen molar-refractivity contribution >= 4 is 23.5 Å². The predicted molar refractivity (Wildman–Crippen MR) is 69.5 cm³/mol. The predicted octanol–water partition coefficient (Wildman–Crippen LogP) is 1.83. The van der Waals surface area contributed by atoms with Crippen molar-refractivity contribution in [2.75, 3.05) is 36.7 Å². The van der Waals surface area contributed by atoms with Crippen LogP contribution in [0.1, 0.15) is 19.8 Å². The lowest BCUT2D eigenvalue weighted by Crippen LogP contribution is -2.33. The first-order chi connectivity index (χ1) is 6.85. The van der Waals surface area contributed by atoms with Gasteiger partial charge in [0.05, 0.1) is 0 Å². The first-order valence-electron chi connectivity index (χ1n) is 5.26. The number of hydrogen-bond acceptors (Lipinski definition) is 4. The molecule has 4 heteroatoms. The second-order valence-electron chi connectivity index (χ2n) is 3.17. The van der Waals surface area contributed by atoms with E-state index < -0.39 is 0 Å². The van der Waals surface area contributed by atoms with Crippen LogP contribution in [-0.2, 0) is 0 Å². The lowest BCUT2D eigenvalue weighted by atomic mass is 10.2. The molecule has 0 aliphatic carbocycles. The van der Waals surface area contributed by atoms with Gasteiger partial charge in [-0.1, -0.05) is 6.92 Å². The van der Waals surface area contributed by atoms with Gasteiger partial charge in [-0.05, 0) is 37.1 Å². The normalized spacial score (nSPS) is 13.1. The number of rotatable bonds is 10. The maximum Gasteiger partial charge on any atom is 0.0446 e. The molecule has 2 nitrogen and oxygen atoms in total. The van der Waals surface area contributed by atoms with Gasteiger partial charge >= 0.3 is 0 Å². The van der Waals surface area contributed by atoms with E-state index in [1.807, 2.05) is 23.5 Å². The summed E-state index contributed by atoms with van der Waals surface area (Å²) in [5.41, 5.74) is 0. The third kappa shape index (κ3) is 9.19. The highest BCUT2D eigenvalue weighted by Crippen LogP contribution is 2.03. The second-order valence-corrected chi connectivity index (χ2v) is 5.47. The molecular weight excluding hydrogens is 214 g/mol. The van der Waals surface area contributed by atoms with Crippen molar-refractivity contribution in [1.29, 1.82) is 0 Å². The van der Waals surface area contributed by atoms with Crippen LogP contribution in [0, 0.1) is 0 Å². The van der Waals surface area contributed by atoms with Crippen LogP contribution in [0.5, 0.6) is 0 Å². The Kier molecular flexibility index (Phi) is 12.2. The third-order valence-electron chi connectivity index (χ3n) is 1.95. The molecule has 86 valence electrons. The lowest BCUT2D eigenvalue weighted by Gasteiger charge is -2.16. The summed E-state index contributed by atoms with van der Waals surface area (Å²) in [6, 6.07) is 0.488. The van der Waals surface area contributed by atoms with Crippen LogP contribution in [0.2, 0.25) is 0 Å². The molecule has 0 rings (SSSR count). The summed E-state index contributed by atoms with van der Waals surface area (Å²) in [7, 11) is 0. The van der Waals surface area contributed by atoms with Gasteiger partial charge in [0.15, 0.2) is 0 Å². The van der Waals surface area contributed by atoms with Gasteiger partial charge in [-0.15, -0.1) is 0 Å². The Balaban J connectivity index is 3.30. The average molecular weight is 237 g/mol. The van der Waals surface area contributed by atoms with Gasteiger partial charge in [0.1, 0.15) is 0 Å². The quantitative estimate of drug-likeness (QED) is 0.568. The smallest absolute Gasteiger partial charge is 0.0446 e. The summed E-state index contributed by atoms with van der Waals surface area (Å²) in [5, 5.41) is 12.3. The topological polar surface area (TPSA) is 32.3 Å². The molecule has 0 saturated heterocycles. The van der Waals surface area contributed by atoms with Gasteiger partial charge < -0.3 is 10.4 Å². The van der Waals surface area contributed by atoms with E-state index in [0.717, 1.165) is 18.7 Å². The van der Waals surface area contributed by atoms with Crippen LogP contribution in [0.25, 0.3) is 0 Å². The van der Waals surface area contributed by atoms with E-state index >= 15 is 0 Å². The summed E-state index contributed by atoms with van der Waals surface area (Å²) < 4.78 is 0. The van der Waals surface area contributed by atoms with E-state index in [1.165, 1.54) is 17.9 Å². The van der Waals surface area contributed by atoms with Crippen molar-refractivity contribution in [1.82, 2.24) is 5.32 Å². The summed E-state index contributed by atoms with van der Waals surface area (Å²) in [4.78, 5) is 0. The molecule has 0 saturated carbocycles. The summed E-state index contributed by atoms with van der Waals surface area (Å²) in [6.45, 7) is 3.57. The highest BCUT2D eigenvalue weighted by atomic mass is 32.2. The zero-order valence-electron chi connectivity index (χ0n) is 9.29. The van der Waals surface area contributed by atoms with E-state index in [1.54, 1.807) is 0 Å². The fraction of sp³-hybridized carbons (Fsp3) is 1.00. The van der Waals surface area contributed by atoms with Crippen molar-refractivity contribution in [3.63, 3.8) is 0 Å². The molecule has 0 fully saturated rings. The molecule has 1 atom stereocenters. The minimum Gasteiger partial charge on any atom is -0.396 e. The van der Waals surface area contributed by atoms with Gasteiger partial charge in [-0.3, -0.25) is 0 Å². The Hall–Kier alpha value is 0.620. The summed E-state index contributed by atoms with van der Waals surface area (Å²) in [5.74, 6) is 3.56. The molecular formula is C10H23NOS2. The first-order valence-corrected chi connectivity index (χ1v) is 7.80. The van der Waals surface area contributed by atoms with Crippen LogP contribution in [-0.4, -0.2) is 47.8 Å². The van der Waals surface area contributed by atoms with Gasteiger partial charge in [0, 0.05) is 18.4 Å². The summed E-state index contributed by atoms with van der Waals surface area (Å²) in [6.07, 6.45) is 4.22. The average Bonchev–Trinajstić information content (AvgIpc) is 2.18. The standard InChI is InChI=1S/C10H23NOS2/c1-3-14-8-4-6-11-10(5-7-12)9-13-2/h10-12H,3-9H2,1-2H3. The number of nitrogens with one attached hydrogen (secondary N) is 1. The molecule has 0 radical (unpaired) electrons. The van der Waals surface area contributed by atoms with Crippen LogP contribution >= 0.6 is 23.5 Å². The number of thioether (sulfide) groups is 2. The van der Waals surface area contributed by atoms with E-state index in [9.17, 15) is 0 Å². The van der Waals surface area contributed by atoms with Gasteiger partial charge in [-0.2, -0.15) is 23.5 Å². The lowest BCUT2D eigenvalue weighted by molar-refractivity contribution is 0.270. The number of hydrogen-bond donors (Lipinski definition) is 2. The van der Waals surface area contributed by atoms with Gasteiger partial charge in [-0.25, -0.2) is 0 Å². The largest absolute Gasteiger partial charge is 0.396 e. The van der Waals surface area contributed by atoms with Crippen molar-refractivity contribution in [3.05, 3.63) is 0 Å². The van der Waals surface area contributed by atoms with Crippen molar-refractivity contribution in [2.45, 2.75) is 25.8 Å². The minimum atomic E-state index is 0.294. The Morgan fingerprint density at radius 3 is 2.79 bits per heavy atom. The second kappa shape index (κ2) is 11.7. The Bertz CT molecular complexity index is 108. The molecule has 0 aromatic rings. The highest BCUT2D eigenvalue weighted by Gasteiger charge is 2.05. The molecule has 0 amide bonds. The van der Waals surface area contributed by atoms with Crippen molar-refractivity contribution < 1.29 is 5.11 Å². The molecule has 0 heterocycles. The Labute approximate surface area is 96.6 Å². The van der Waals surface area contributed by atoms with E-state index in [4.69, 9.17) is 5.11 Å². The van der Waals surface area contributed by atoms with E-state index in [-0.39, 0.29) is 0 Å². The molecule has 14 heavy (non-hydrogen) atoms. The van der Waals surface area contributed by atoms with E-state index in [0.29, 0.717) is 12.6 Å². The SMILES string of the molecule is CCSCCCNC(CCO)CSC. The monoisotopic (exact) mass is 237 g/mol. The first kappa shape index (κ1) is 14.6. The molecule has 0 aliphatic heterocycles. The molecule has 0 aliphatic rings. The number of aliphatic hydroxyl groups is 1. The molecule has 0 bridgehead atoms. The third-order valence-corrected chi connectivity index (χ3v) is 3.67.